The molecule has 0 nitrogen and oxygen atoms in total. The van der Waals surface area contributed by atoms with Crippen LogP contribution in [0.1, 0.15) is 47.2 Å². The molecular formula is C28H21Br. The van der Waals surface area contributed by atoms with Gasteiger partial charge in [0.15, 0.2) is 0 Å². The predicted octanol–water partition coefficient (Wildman–Crippen LogP) is 7.45. The first-order valence-corrected chi connectivity index (χ1v) is 11.0. The van der Waals surface area contributed by atoms with E-state index in [4.69, 9.17) is 0 Å². The Morgan fingerprint density at radius 2 is 1.00 bits per heavy atom. The van der Waals surface area contributed by atoms with Gasteiger partial charge in [-0.25, -0.2) is 0 Å². The second kappa shape index (κ2) is 5.70. The van der Waals surface area contributed by atoms with Crippen LogP contribution in [0.15, 0.2) is 95.5 Å². The Morgan fingerprint density at radius 1 is 0.517 bits per heavy atom. The molecule has 1 spiro atoms. The van der Waals surface area contributed by atoms with E-state index in [0.29, 0.717) is 0 Å². The summed E-state index contributed by atoms with van der Waals surface area (Å²) in [5.74, 6) is 0. The molecule has 0 fully saturated rings. The Hall–Kier alpha value is -2.64. The van der Waals surface area contributed by atoms with Gasteiger partial charge in [0.05, 0.1) is 5.41 Å². The fourth-order valence-corrected chi connectivity index (χ4v) is 6.53. The molecule has 0 saturated heterocycles. The zero-order valence-electron chi connectivity index (χ0n) is 16.5. The summed E-state index contributed by atoms with van der Waals surface area (Å²) in [4.78, 5) is 0. The van der Waals surface area contributed by atoms with E-state index in [1.54, 1.807) is 0 Å². The maximum absolute atomic E-state index is 3.95. The van der Waals surface area contributed by atoms with Gasteiger partial charge in [0.2, 0.25) is 0 Å². The average Bonchev–Trinajstić information content (AvgIpc) is 3.05. The van der Waals surface area contributed by atoms with Crippen molar-refractivity contribution in [2.75, 3.05) is 0 Å². The molecule has 0 bridgehead atoms. The molecule has 29 heavy (non-hydrogen) atoms. The number of fused-ring (bicyclic) bond motifs is 9. The topological polar surface area (TPSA) is 0 Å². The van der Waals surface area contributed by atoms with Crippen molar-refractivity contribution in [1.29, 1.82) is 0 Å². The molecule has 0 radical (unpaired) electrons. The first kappa shape index (κ1) is 17.2. The van der Waals surface area contributed by atoms with Gasteiger partial charge in [-0.1, -0.05) is 115 Å². The highest BCUT2D eigenvalue weighted by Crippen LogP contribution is 2.63. The minimum absolute atomic E-state index is 0.0443. The third-order valence-corrected chi connectivity index (χ3v) is 7.68. The number of benzene rings is 4. The van der Waals surface area contributed by atoms with E-state index < -0.39 is 0 Å². The molecule has 4 aromatic carbocycles. The lowest BCUT2D eigenvalue weighted by molar-refractivity contribution is 0.562. The van der Waals surface area contributed by atoms with Crippen LogP contribution in [-0.4, -0.2) is 0 Å². The Kier molecular flexibility index (Phi) is 3.39. The van der Waals surface area contributed by atoms with Crippen molar-refractivity contribution in [3.63, 3.8) is 0 Å². The van der Waals surface area contributed by atoms with Crippen molar-refractivity contribution in [3.8, 4) is 11.1 Å². The number of rotatable bonds is 0. The van der Waals surface area contributed by atoms with Crippen molar-refractivity contribution >= 4 is 15.9 Å². The molecule has 4 aromatic rings. The van der Waals surface area contributed by atoms with Crippen LogP contribution in [0.3, 0.4) is 0 Å². The summed E-state index contributed by atoms with van der Waals surface area (Å²) >= 11 is 3.95. The number of halogens is 1. The van der Waals surface area contributed by atoms with E-state index in [-0.39, 0.29) is 10.8 Å². The quantitative estimate of drug-likeness (QED) is 0.236. The van der Waals surface area contributed by atoms with E-state index in [0.717, 1.165) is 0 Å². The summed E-state index contributed by atoms with van der Waals surface area (Å²) in [5.41, 5.74) is 10.7. The fourth-order valence-electron chi connectivity index (χ4n) is 5.87. The molecule has 140 valence electrons. The maximum atomic E-state index is 3.95. The lowest BCUT2D eigenvalue weighted by Gasteiger charge is -2.46. The van der Waals surface area contributed by atoms with Crippen molar-refractivity contribution in [2.24, 2.45) is 0 Å². The lowest BCUT2D eigenvalue weighted by atomic mass is 9.55. The van der Waals surface area contributed by atoms with Gasteiger partial charge >= 0.3 is 0 Å². The van der Waals surface area contributed by atoms with Gasteiger partial charge in [0, 0.05) is 9.89 Å². The Labute approximate surface area is 180 Å². The smallest absolute Gasteiger partial charge is 0.0619 e. The summed E-state index contributed by atoms with van der Waals surface area (Å²) in [6, 6.07) is 33.7. The van der Waals surface area contributed by atoms with Crippen molar-refractivity contribution in [2.45, 2.75) is 24.7 Å². The van der Waals surface area contributed by atoms with Crippen LogP contribution in [0.2, 0.25) is 0 Å². The molecule has 0 N–H and O–H groups in total. The van der Waals surface area contributed by atoms with Crippen LogP contribution < -0.4 is 0 Å². The van der Waals surface area contributed by atoms with Gasteiger partial charge in [-0.3, -0.25) is 0 Å². The fraction of sp³-hybridized carbons (Fsp3) is 0.143. The molecule has 0 unspecified atom stereocenters. The molecule has 0 saturated carbocycles. The van der Waals surface area contributed by atoms with Gasteiger partial charge in [-0.2, -0.15) is 0 Å². The third kappa shape index (κ3) is 1.94. The molecule has 0 heterocycles. The SMILES string of the molecule is CC1(C)c2ccccc2C2(c3ccccc3-c3cccc(Br)c32)c2ccccc21. The molecule has 0 amide bonds. The summed E-state index contributed by atoms with van der Waals surface area (Å²) in [7, 11) is 0. The second-order valence-corrected chi connectivity index (χ2v) is 9.53. The van der Waals surface area contributed by atoms with Crippen molar-refractivity contribution < 1.29 is 0 Å². The van der Waals surface area contributed by atoms with E-state index >= 15 is 0 Å². The average molecular weight is 437 g/mol. The van der Waals surface area contributed by atoms with Crippen LogP contribution in [0.5, 0.6) is 0 Å². The molecular weight excluding hydrogens is 416 g/mol. The summed E-state index contributed by atoms with van der Waals surface area (Å²) in [5, 5.41) is 0. The summed E-state index contributed by atoms with van der Waals surface area (Å²) in [6.45, 7) is 4.72. The zero-order valence-corrected chi connectivity index (χ0v) is 18.1. The molecule has 0 aliphatic heterocycles. The van der Waals surface area contributed by atoms with E-state index in [1.807, 2.05) is 0 Å². The van der Waals surface area contributed by atoms with Gasteiger partial charge in [0.1, 0.15) is 0 Å². The van der Waals surface area contributed by atoms with Crippen LogP contribution in [0, 0.1) is 0 Å². The number of hydrogen-bond donors (Lipinski definition) is 0. The zero-order chi connectivity index (χ0) is 19.8. The Morgan fingerprint density at radius 3 is 1.62 bits per heavy atom. The van der Waals surface area contributed by atoms with Gasteiger partial charge < -0.3 is 0 Å². The lowest BCUT2D eigenvalue weighted by Crippen LogP contribution is -2.40. The summed E-state index contributed by atoms with van der Waals surface area (Å²) in [6.07, 6.45) is 0. The van der Waals surface area contributed by atoms with Crippen LogP contribution >= 0.6 is 15.9 Å². The molecule has 6 rings (SSSR count). The highest BCUT2D eigenvalue weighted by molar-refractivity contribution is 9.10. The van der Waals surface area contributed by atoms with Gasteiger partial charge in [0.25, 0.3) is 0 Å². The van der Waals surface area contributed by atoms with E-state index in [1.165, 1.54) is 49.0 Å². The minimum Gasteiger partial charge on any atom is -0.0619 e. The second-order valence-electron chi connectivity index (χ2n) is 8.67. The van der Waals surface area contributed by atoms with Gasteiger partial charge in [-0.05, 0) is 50.6 Å². The first-order chi connectivity index (χ1) is 14.1. The largest absolute Gasteiger partial charge is 0.0730 e. The molecule has 0 atom stereocenters. The number of hydrogen-bond acceptors (Lipinski definition) is 0. The highest BCUT2D eigenvalue weighted by atomic mass is 79.9. The molecule has 2 aliphatic rings. The normalized spacial score (nSPS) is 16.7. The predicted molar refractivity (Wildman–Crippen MR) is 124 cm³/mol. The Bertz CT molecular complexity index is 1250. The van der Waals surface area contributed by atoms with Crippen LogP contribution in [-0.2, 0) is 10.8 Å². The third-order valence-electron chi connectivity index (χ3n) is 7.02. The minimum atomic E-state index is -0.297. The van der Waals surface area contributed by atoms with Gasteiger partial charge in [-0.15, -0.1) is 0 Å². The van der Waals surface area contributed by atoms with Crippen molar-refractivity contribution in [1.82, 2.24) is 0 Å². The molecule has 2 aliphatic carbocycles. The van der Waals surface area contributed by atoms with Crippen LogP contribution in [0.25, 0.3) is 11.1 Å². The molecule has 0 aromatic heterocycles. The summed E-state index contributed by atoms with van der Waals surface area (Å²) < 4.78 is 1.18. The van der Waals surface area contributed by atoms with E-state index in [9.17, 15) is 0 Å². The van der Waals surface area contributed by atoms with Crippen molar-refractivity contribution in [3.05, 3.63) is 129 Å². The Balaban J connectivity index is 1.91. The first-order valence-electron chi connectivity index (χ1n) is 10.2. The molecule has 1 heteroatoms. The standard InChI is InChI=1S/C28H21Br/c1-27(2)21-13-5-7-15-23(21)28(24-16-8-6-14-22(24)27)20-12-4-3-10-18(20)19-11-9-17-25(29)26(19)28/h3-17H,1-2H3. The van der Waals surface area contributed by atoms with E-state index in [2.05, 4.69) is 121 Å². The highest BCUT2D eigenvalue weighted by Gasteiger charge is 2.53. The maximum Gasteiger partial charge on any atom is 0.0730 e. The monoisotopic (exact) mass is 436 g/mol. The van der Waals surface area contributed by atoms with Crippen LogP contribution in [0.4, 0.5) is 0 Å².